The summed E-state index contributed by atoms with van der Waals surface area (Å²) in [6.07, 6.45) is 4.36. The van der Waals surface area contributed by atoms with Crippen LogP contribution in [0.1, 0.15) is 24.8 Å². The first kappa shape index (κ1) is 13.8. The summed E-state index contributed by atoms with van der Waals surface area (Å²) in [5.74, 6) is 1.51. The van der Waals surface area contributed by atoms with Crippen LogP contribution in [0.3, 0.4) is 0 Å². The molecule has 1 unspecified atom stereocenters. The summed E-state index contributed by atoms with van der Waals surface area (Å²) in [6.45, 7) is 0. The lowest BCUT2D eigenvalue weighted by Crippen LogP contribution is -2.27. The molecule has 1 aromatic carbocycles. The zero-order valence-corrected chi connectivity index (χ0v) is 11.4. The molecular weight excluding hydrogens is 244 g/mol. The number of methoxy groups -OCH3 is 1. The van der Waals surface area contributed by atoms with Crippen LogP contribution in [-0.2, 0) is 6.42 Å². The molecule has 104 valence electrons. The molecule has 1 N–H and O–H groups in total. The van der Waals surface area contributed by atoms with E-state index in [1.165, 1.54) is 18.9 Å². The van der Waals surface area contributed by atoms with Gasteiger partial charge in [-0.15, -0.1) is 0 Å². The average molecular weight is 264 g/mol. The molecule has 0 aromatic heterocycles. The van der Waals surface area contributed by atoms with Crippen molar-refractivity contribution in [2.45, 2.75) is 31.7 Å². The van der Waals surface area contributed by atoms with E-state index in [2.05, 4.69) is 5.32 Å². The maximum Gasteiger partial charge on any atom is 0.269 e. The normalized spacial score (nSPS) is 16.1. The van der Waals surface area contributed by atoms with E-state index in [-0.39, 0.29) is 10.6 Å². The topological polar surface area (TPSA) is 64.4 Å². The highest BCUT2D eigenvalue weighted by Crippen LogP contribution is 2.35. The zero-order valence-electron chi connectivity index (χ0n) is 11.4. The minimum Gasteiger partial charge on any atom is -0.496 e. The monoisotopic (exact) mass is 264 g/mol. The van der Waals surface area contributed by atoms with Gasteiger partial charge in [-0.1, -0.05) is 0 Å². The molecule has 0 radical (unpaired) electrons. The van der Waals surface area contributed by atoms with Crippen LogP contribution in [0.25, 0.3) is 0 Å². The standard InChI is InChI=1S/C14H20N2O3/c1-15-13(10-3-4-10)7-5-11-9-12(16(17)18)6-8-14(11)19-2/h6,8-10,13,15H,3-5,7H2,1-2H3. The molecule has 0 heterocycles. The molecule has 0 amide bonds. The number of non-ortho nitro benzene ring substituents is 1. The Morgan fingerprint density at radius 1 is 1.53 bits per heavy atom. The van der Waals surface area contributed by atoms with Crippen molar-refractivity contribution in [2.24, 2.45) is 5.92 Å². The first-order valence-electron chi connectivity index (χ1n) is 6.64. The number of benzene rings is 1. The minimum atomic E-state index is -0.362. The third-order valence-electron chi connectivity index (χ3n) is 3.76. The van der Waals surface area contributed by atoms with Gasteiger partial charge < -0.3 is 10.1 Å². The summed E-state index contributed by atoms with van der Waals surface area (Å²) in [6, 6.07) is 5.29. The number of hydrogen-bond acceptors (Lipinski definition) is 4. The van der Waals surface area contributed by atoms with Crippen molar-refractivity contribution in [3.63, 3.8) is 0 Å². The maximum atomic E-state index is 10.8. The second kappa shape index (κ2) is 6.02. The summed E-state index contributed by atoms with van der Waals surface area (Å²) in [5.41, 5.74) is 1.04. The van der Waals surface area contributed by atoms with Crippen LogP contribution >= 0.6 is 0 Å². The van der Waals surface area contributed by atoms with Crippen LogP contribution in [0.5, 0.6) is 5.75 Å². The van der Waals surface area contributed by atoms with E-state index in [9.17, 15) is 10.1 Å². The Labute approximate surface area is 113 Å². The summed E-state index contributed by atoms with van der Waals surface area (Å²) in [7, 11) is 3.58. The summed E-state index contributed by atoms with van der Waals surface area (Å²) < 4.78 is 5.28. The Kier molecular flexibility index (Phi) is 4.37. The Morgan fingerprint density at radius 3 is 2.79 bits per heavy atom. The van der Waals surface area contributed by atoms with Crippen molar-refractivity contribution >= 4 is 5.69 Å². The molecule has 1 atom stereocenters. The molecule has 1 fully saturated rings. The van der Waals surface area contributed by atoms with Gasteiger partial charge in [0.25, 0.3) is 5.69 Å². The highest BCUT2D eigenvalue weighted by Gasteiger charge is 2.29. The van der Waals surface area contributed by atoms with E-state index < -0.39 is 0 Å². The zero-order chi connectivity index (χ0) is 13.8. The van der Waals surface area contributed by atoms with E-state index >= 15 is 0 Å². The molecule has 2 rings (SSSR count). The molecule has 1 aliphatic rings. The third-order valence-corrected chi connectivity index (χ3v) is 3.76. The van der Waals surface area contributed by atoms with Gasteiger partial charge >= 0.3 is 0 Å². The van der Waals surface area contributed by atoms with Crippen molar-refractivity contribution in [3.05, 3.63) is 33.9 Å². The predicted octanol–water partition coefficient (Wildman–Crippen LogP) is 2.53. The van der Waals surface area contributed by atoms with Crippen molar-refractivity contribution in [1.82, 2.24) is 5.32 Å². The van der Waals surface area contributed by atoms with E-state index in [1.807, 2.05) is 7.05 Å². The van der Waals surface area contributed by atoms with Crippen LogP contribution in [0, 0.1) is 16.0 Å². The molecule has 5 nitrogen and oxygen atoms in total. The molecule has 1 saturated carbocycles. The van der Waals surface area contributed by atoms with Crippen molar-refractivity contribution in [1.29, 1.82) is 0 Å². The van der Waals surface area contributed by atoms with Gasteiger partial charge in [-0.05, 0) is 44.7 Å². The Hall–Kier alpha value is -1.62. The van der Waals surface area contributed by atoms with Crippen LogP contribution < -0.4 is 10.1 Å². The fourth-order valence-electron chi connectivity index (χ4n) is 2.50. The van der Waals surface area contributed by atoms with E-state index in [0.717, 1.165) is 30.1 Å². The number of hydrogen-bond donors (Lipinski definition) is 1. The van der Waals surface area contributed by atoms with E-state index in [0.29, 0.717) is 6.04 Å². The molecule has 19 heavy (non-hydrogen) atoms. The van der Waals surface area contributed by atoms with Gasteiger partial charge in [0.05, 0.1) is 12.0 Å². The lowest BCUT2D eigenvalue weighted by atomic mass is 10.0. The lowest BCUT2D eigenvalue weighted by molar-refractivity contribution is -0.384. The van der Waals surface area contributed by atoms with Gasteiger partial charge in [0.2, 0.25) is 0 Å². The van der Waals surface area contributed by atoms with Gasteiger partial charge in [-0.3, -0.25) is 10.1 Å². The van der Waals surface area contributed by atoms with Crippen LogP contribution in [-0.4, -0.2) is 25.1 Å². The Morgan fingerprint density at radius 2 is 2.26 bits per heavy atom. The number of nitro groups is 1. The SMILES string of the molecule is CNC(CCc1cc([N+](=O)[O-])ccc1OC)C1CC1. The Bertz CT molecular complexity index is 458. The second-order valence-electron chi connectivity index (χ2n) is 5.02. The summed E-state index contributed by atoms with van der Waals surface area (Å²) >= 11 is 0. The molecular formula is C14H20N2O3. The molecule has 0 bridgehead atoms. The average Bonchev–Trinajstić information content (AvgIpc) is 3.23. The quantitative estimate of drug-likeness (QED) is 0.607. The minimum absolute atomic E-state index is 0.128. The van der Waals surface area contributed by atoms with Crippen molar-refractivity contribution in [3.8, 4) is 5.75 Å². The molecule has 1 aliphatic carbocycles. The van der Waals surface area contributed by atoms with Crippen LogP contribution in [0.2, 0.25) is 0 Å². The molecule has 5 heteroatoms. The van der Waals surface area contributed by atoms with Gasteiger partial charge in [-0.2, -0.15) is 0 Å². The predicted molar refractivity (Wildman–Crippen MR) is 73.5 cm³/mol. The van der Waals surface area contributed by atoms with E-state index in [4.69, 9.17) is 4.74 Å². The first-order valence-corrected chi connectivity index (χ1v) is 6.64. The maximum absolute atomic E-state index is 10.8. The summed E-state index contributed by atoms with van der Waals surface area (Å²) in [4.78, 5) is 10.5. The summed E-state index contributed by atoms with van der Waals surface area (Å²) in [5, 5.41) is 14.2. The number of nitrogens with zero attached hydrogens (tertiary/aromatic N) is 1. The Balaban J connectivity index is 2.08. The third kappa shape index (κ3) is 3.44. The largest absolute Gasteiger partial charge is 0.496 e. The molecule has 0 spiro atoms. The number of nitro benzene ring substituents is 1. The van der Waals surface area contributed by atoms with Crippen LogP contribution in [0.15, 0.2) is 18.2 Å². The van der Waals surface area contributed by atoms with Crippen LogP contribution in [0.4, 0.5) is 5.69 Å². The highest BCUT2D eigenvalue weighted by atomic mass is 16.6. The van der Waals surface area contributed by atoms with E-state index in [1.54, 1.807) is 19.2 Å². The number of aryl methyl sites for hydroxylation is 1. The molecule has 0 aliphatic heterocycles. The number of nitrogens with one attached hydrogen (secondary N) is 1. The second-order valence-corrected chi connectivity index (χ2v) is 5.02. The first-order chi connectivity index (χ1) is 9.15. The van der Waals surface area contributed by atoms with Gasteiger partial charge in [0, 0.05) is 23.7 Å². The molecule has 1 aromatic rings. The molecule has 0 saturated heterocycles. The van der Waals surface area contributed by atoms with Crippen molar-refractivity contribution in [2.75, 3.05) is 14.2 Å². The van der Waals surface area contributed by atoms with Crippen molar-refractivity contribution < 1.29 is 9.66 Å². The lowest BCUT2D eigenvalue weighted by Gasteiger charge is -2.16. The fourth-order valence-corrected chi connectivity index (χ4v) is 2.50. The smallest absolute Gasteiger partial charge is 0.269 e. The number of ether oxygens (including phenoxy) is 1. The fraction of sp³-hybridized carbons (Fsp3) is 0.571. The van der Waals surface area contributed by atoms with Gasteiger partial charge in [0.1, 0.15) is 5.75 Å². The van der Waals surface area contributed by atoms with Gasteiger partial charge in [0.15, 0.2) is 0 Å². The van der Waals surface area contributed by atoms with Gasteiger partial charge in [-0.25, -0.2) is 0 Å². The highest BCUT2D eigenvalue weighted by molar-refractivity contribution is 5.43. The number of rotatable bonds is 7.